The Morgan fingerprint density at radius 3 is 2.58 bits per heavy atom. The van der Waals surface area contributed by atoms with Crippen LogP contribution in [0.15, 0.2) is 59.6 Å². The molecule has 0 atom stereocenters. The van der Waals surface area contributed by atoms with Gasteiger partial charge in [-0.05, 0) is 60.4 Å². The summed E-state index contributed by atoms with van der Waals surface area (Å²) in [5.41, 5.74) is 4.11. The monoisotopic (exact) mass is 432 g/mol. The Bertz CT molecular complexity index is 1360. The van der Waals surface area contributed by atoms with Gasteiger partial charge in [0.25, 0.3) is 5.91 Å². The Morgan fingerprint density at radius 1 is 1.03 bits per heavy atom. The minimum absolute atomic E-state index is 0.0245. The standard InChI is InChI=1S/C25H24N2O3S/c1-4-30-24(29)15-27-21-12-16(2)17(3)13-22(21)31-25(27)26-23(28)14-19-10-7-9-18-8-5-6-11-20(18)19/h5-13H,4,14-15H2,1-3H3. The number of fused-ring (bicyclic) bond motifs is 2. The molecule has 1 amide bonds. The fourth-order valence-electron chi connectivity index (χ4n) is 3.65. The van der Waals surface area contributed by atoms with E-state index >= 15 is 0 Å². The molecule has 0 saturated carbocycles. The summed E-state index contributed by atoms with van der Waals surface area (Å²) in [4.78, 5) is 30.0. The Hall–Kier alpha value is -3.25. The summed E-state index contributed by atoms with van der Waals surface area (Å²) in [6.45, 7) is 6.19. The molecule has 0 unspecified atom stereocenters. The lowest BCUT2D eigenvalue weighted by Crippen LogP contribution is -2.23. The van der Waals surface area contributed by atoms with Crippen molar-refractivity contribution in [3.8, 4) is 0 Å². The van der Waals surface area contributed by atoms with E-state index in [0.29, 0.717) is 11.4 Å². The quantitative estimate of drug-likeness (QED) is 0.429. The third kappa shape index (κ3) is 4.44. The van der Waals surface area contributed by atoms with Crippen LogP contribution in [0.2, 0.25) is 0 Å². The molecule has 3 aromatic carbocycles. The van der Waals surface area contributed by atoms with Crippen LogP contribution in [0.3, 0.4) is 0 Å². The lowest BCUT2D eigenvalue weighted by Gasteiger charge is -2.07. The van der Waals surface area contributed by atoms with Crippen molar-refractivity contribution in [1.29, 1.82) is 0 Å². The van der Waals surface area contributed by atoms with Crippen LogP contribution in [0, 0.1) is 13.8 Å². The Labute approximate surface area is 184 Å². The molecule has 4 rings (SSSR count). The minimum Gasteiger partial charge on any atom is -0.465 e. The van der Waals surface area contributed by atoms with Crippen LogP contribution in [-0.4, -0.2) is 23.1 Å². The fourth-order valence-corrected chi connectivity index (χ4v) is 4.78. The normalized spacial score (nSPS) is 11.9. The van der Waals surface area contributed by atoms with Crippen LogP contribution in [-0.2, 0) is 27.3 Å². The SMILES string of the molecule is CCOC(=O)Cn1c(=NC(=O)Cc2cccc3ccccc23)sc2cc(C)c(C)cc21. The third-order valence-electron chi connectivity index (χ3n) is 5.33. The van der Waals surface area contributed by atoms with Gasteiger partial charge in [-0.15, -0.1) is 0 Å². The Kier molecular flexibility index (Phi) is 6.00. The average Bonchev–Trinajstić information content (AvgIpc) is 3.04. The summed E-state index contributed by atoms with van der Waals surface area (Å²) in [5.74, 6) is -0.586. The minimum atomic E-state index is -0.344. The van der Waals surface area contributed by atoms with Gasteiger partial charge in [-0.2, -0.15) is 4.99 Å². The molecule has 31 heavy (non-hydrogen) atoms. The zero-order valence-electron chi connectivity index (χ0n) is 17.8. The largest absolute Gasteiger partial charge is 0.465 e. The van der Waals surface area contributed by atoms with Crippen molar-refractivity contribution in [3.05, 3.63) is 76.1 Å². The van der Waals surface area contributed by atoms with Gasteiger partial charge >= 0.3 is 5.97 Å². The second-order valence-corrected chi connectivity index (χ2v) is 8.51. The Morgan fingerprint density at radius 2 is 1.77 bits per heavy atom. The number of amides is 1. The number of nitrogens with zero attached hydrogens (tertiary/aromatic N) is 2. The molecular formula is C25H24N2O3S. The molecule has 0 aliphatic rings. The molecule has 0 aliphatic heterocycles. The van der Waals surface area contributed by atoms with Crippen LogP contribution in [0.5, 0.6) is 0 Å². The second-order valence-electron chi connectivity index (χ2n) is 7.50. The van der Waals surface area contributed by atoms with E-state index in [2.05, 4.69) is 11.1 Å². The van der Waals surface area contributed by atoms with Crippen LogP contribution >= 0.6 is 11.3 Å². The van der Waals surface area contributed by atoms with Gasteiger partial charge < -0.3 is 9.30 Å². The molecule has 0 spiro atoms. The summed E-state index contributed by atoms with van der Waals surface area (Å²) in [6.07, 6.45) is 0.201. The van der Waals surface area contributed by atoms with Gasteiger partial charge in [0.05, 0.1) is 23.2 Å². The number of esters is 1. The molecule has 0 bridgehead atoms. The van der Waals surface area contributed by atoms with Gasteiger partial charge in [-0.3, -0.25) is 9.59 Å². The number of hydrogen-bond acceptors (Lipinski definition) is 4. The summed E-state index contributed by atoms with van der Waals surface area (Å²) in [6, 6.07) is 18.1. The molecule has 0 fully saturated rings. The predicted octanol–water partition coefficient (Wildman–Crippen LogP) is 4.71. The van der Waals surface area contributed by atoms with Gasteiger partial charge in [0.1, 0.15) is 6.54 Å². The maximum atomic E-state index is 12.9. The van der Waals surface area contributed by atoms with Crippen LogP contribution < -0.4 is 4.80 Å². The summed E-state index contributed by atoms with van der Waals surface area (Å²) >= 11 is 1.42. The lowest BCUT2D eigenvalue weighted by atomic mass is 10.0. The maximum Gasteiger partial charge on any atom is 0.326 e. The topological polar surface area (TPSA) is 60.7 Å². The van der Waals surface area contributed by atoms with Crippen molar-refractivity contribution < 1.29 is 14.3 Å². The zero-order chi connectivity index (χ0) is 22.0. The number of ether oxygens (including phenoxy) is 1. The number of rotatable bonds is 5. The van der Waals surface area contributed by atoms with Crippen LogP contribution in [0.25, 0.3) is 21.0 Å². The number of thiazole rings is 1. The van der Waals surface area contributed by atoms with Crippen LogP contribution in [0.1, 0.15) is 23.6 Å². The molecular weight excluding hydrogens is 408 g/mol. The molecule has 0 aliphatic carbocycles. The number of aryl methyl sites for hydroxylation is 2. The lowest BCUT2D eigenvalue weighted by molar-refractivity contribution is -0.143. The highest BCUT2D eigenvalue weighted by Crippen LogP contribution is 2.23. The van der Waals surface area contributed by atoms with Crippen molar-refractivity contribution in [2.24, 2.45) is 4.99 Å². The predicted molar refractivity (Wildman–Crippen MR) is 124 cm³/mol. The molecule has 4 aromatic rings. The first-order valence-corrected chi connectivity index (χ1v) is 11.1. The fraction of sp³-hybridized carbons (Fsp3) is 0.240. The van der Waals surface area contributed by atoms with E-state index in [9.17, 15) is 9.59 Å². The van der Waals surface area contributed by atoms with Crippen molar-refractivity contribution in [2.75, 3.05) is 6.61 Å². The molecule has 0 N–H and O–H groups in total. The first-order valence-electron chi connectivity index (χ1n) is 10.3. The zero-order valence-corrected chi connectivity index (χ0v) is 18.7. The smallest absolute Gasteiger partial charge is 0.326 e. The van der Waals surface area contributed by atoms with E-state index in [1.165, 1.54) is 11.3 Å². The highest BCUT2D eigenvalue weighted by molar-refractivity contribution is 7.16. The van der Waals surface area contributed by atoms with Crippen molar-refractivity contribution in [3.63, 3.8) is 0 Å². The summed E-state index contributed by atoms with van der Waals surface area (Å²) < 4.78 is 7.91. The molecule has 1 aromatic heterocycles. The summed E-state index contributed by atoms with van der Waals surface area (Å²) in [7, 11) is 0. The second kappa shape index (κ2) is 8.86. The van der Waals surface area contributed by atoms with Gasteiger partial charge in [-0.1, -0.05) is 53.8 Å². The maximum absolute atomic E-state index is 12.9. The third-order valence-corrected chi connectivity index (χ3v) is 6.37. The first kappa shape index (κ1) is 21.0. The van der Waals surface area contributed by atoms with Gasteiger partial charge in [0.15, 0.2) is 4.80 Å². The van der Waals surface area contributed by atoms with E-state index in [4.69, 9.17) is 4.74 Å². The molecule has 1 heterocycles. The van der Waals surface area contributed by atoms with Crippen LogP contribution in [0.4, 0.5) is 0 Å². The van der Waals surface area contributed by atoms with Crippen molar-refractivity contribution in [1.82, 2.24) is 4.57 Å². The van der Waals surface area contributed by atoms with Gasteiger partial charge in [0.2, 0.25) is 0 Å². The van der Waals surface area contributed by atoms with Crippen molar-refractivity contribution in [2.45, 2.75) is 33.7 Å². The first-order chi connectivity index (χ1) is 15.0. The molecule has 0 radical (unpaired) electrons. The highest BCUT2D eigenvalue weighted by Gasteiger charge is 2.14. The average molecular weight is 433 g/mol. The number of carbonyl (C=O) groups excluding carboxylic acids is 2. The highest BCUT2D eigenvalue weighted by atomic mass is 32.1. The number of carbonyl (C=O) groups is 2. The van der Waals surface area contributed by atoms with Gasteiger partial charge in [-0.25, -0.2) is 0 Å². The summed E-state index contributed by atoms with van der Waals surface area (Å²) in [5, 5.41) is 2.15. The molecule has 158 valence electrons. The van der Waals surface area contributed by atoms with E-state index in [1.807, 2.05) is 62.4 Å². The Balaban J connectivity index is 1.76. The number of hydrogen-bond donors (Lipinski definition) is 0. The van der Waals surface area contributed by atoms with E-state index < -0.39 is 0 Å². The molecule has 5 nitrogen and oxygen atoms in total. The molecule has 6 heteroatoms. The number of benzene rings is 3. The van der Waals surface area contributed by atoms with Crippen molar-refractivity contribution >= 4 is 44.2 Å². The van der Waals surface area contributed by atoms with Gasteiger partial charge in [0, 0.05) is 0 Å². The van der Waals surface area contributed by atoms with E-state index in [0.717, 1.165) is 37.7 Å². The van der Waals surface area contributed by atoms with E-state index in [1.54, 1.807) is 11.5 Å². The van der Waals surface area contributed by atoms with E-state index in [-0.39, 0.29) is 24.8 Å². The molecule has 0 saturated heterocycles. The number of aromatic nitrogens is 1.